The molecule has 2 saturated carbocycles. The molecule has 0 bridgehead atoms. The van der Waals surface area contributed by atoms with E-state index in [1.807, 2.05) is 0 Å². The van der Waals surface area contributed by atoms with Gasteiger partial charge in [-0.3, -0.25) is 4.90 Å². The maximum Gasteiger partial charge on any atom is 0.0362 e. The molecule has 20 heavy (non-hydrogen) atoms. The molecular formula is C18H36N2. The van der Waals surface area contributed by atoms with E-state index in [9.17, 15) is 0 Å². The van der Waals surface area contributed by atoms with Crippen molar-refractivity contribution >= 4 is 0 Å². The van der Waals surface area contributed by atoms with Crippen molar-refractivity contribution in [2.24, 2.45) is 23.5 Å². The Morgan fingerprint density at radius 1 is 1.05 bits per heavy atom. The topological polar surface area (TPSA) is 29.3 Å². The van der Waals surface area contributed by atoms with Gasteiger partial charge in [0.05, 0.1) is 0 Å². The molecular weight excluding hydrogens is 244 g/mol. The molecule has 0 aromatic rings. The van der Waals surface area contributed by atoms with Crippen molar-refractivity contribution in [3.05, 3.63) is 0 Å². The van der Waals surface area contributed by atoms with Crippen molar-refractivity contribution in [1.29, 1.82) is 0 Å². The Balaban J connectivity index is 2.13. The second-order valence-corrected chi connectivity index (χ2v) is 7.54. The molecule has 2 N–H and O–H groups in total. The zero-order valence-electron chi connectivity index (χ0n) is 14.2. The van der Waals surface area contributed by atoms with E-state index < -0.39 is 0 Å². The molecule has 0 saturated heterocycles. The summed E-state index contributed by atoms with van der Waals surface area (Å²) in [4.78, 5) is 2.69. The Labute approximate surface area is 126 Å². The lowest BCUT2D eigenvalue weighted by atomic mass is 9.68. The van der Waals surface area contributed by atoms with E-state index in [1.54, 1.807) is 0 Å². The molecule has 2 aliphatic carbocycles. The van der Waals surface area contributed by atoms with E-state index in [0.29, 0.717) is 11.6 Å². The molecule has 0 aromatic heterocycles. The van der Waals surface area contributed by atoms with Crippen LogP contribution >= 0.6 is 0 Å². The minimum absolute atomic E-state index is 0.314. The molecule has 4 atom stereocenters. The molecule has 0 amide bonds. The molecule has 2 nitrogen and oxygen atoms in total. The van der Waals surface area contributed by atoms with Gasteiger partial charge in [0.2, 0.25) is 0 Å². The number of nitrogens with zero attached hydrogens (tertiary/aromatic N) is 1. The fourth-order valence-electron chi connectivity index (χ4n) is 5.06. The van der Waals surface area contributed by atoms with Crippen LogP contribution in [-0.4, -0.2) is 29.6 Å². The summed E-state index contributed by atoms with van der Waals surface area (Å²) in [6.45, 7) is 11.8. The molecule has 0 aromatic carbocycles. The van der Waals surface area contributed by atoms with Crippen LogP contribution < -0.4 is 5.73 Å². The summed E-state index contributed by atoms with van der Waals surface area (Å²) in [5, 5.41) is 0. The summed E-state index contributed by atoms with van der Waals surface area (Å²) in [7, 11) is 0. The van der Waals surface area contributed by atoms with Gasteiger partial charge in [-0.05, 0) is 56.5 Å². The molecule has 0 heterocycles. The van der Waals surface area contributed by atoms with Gasteiger partial charge < -0.3 is 5.73 Å². The number of hydrogen-bond donors (Lipinski definition) is 1. The van der Waals surface area contributed by atoms with E-state index in [1.165, 1.54) is 44.9 Å². The standard InChI is InChI=1S/C18H36N2/c1-5-20(6-2)18(11-7-8-12-18)17(19)16-10-9-14(3)15(4)13-16/h14-17H,5-13,19H2,1-4H3. The van der Waals surface area contributed by atoms with Gasteiger partial charge in [-0.25, -0.2) is 0 Å². The maximum absolute atomic E-state index is 6.91. The first-order valence-electron chi connectivity index (χ1n) is 9.05. The minimum Gasteiger partial charge on any atom is -0.326 e. The van der Waals surface area contributed by atoms with Crippen LogP contribution in [0, 0.1) is 17.8 Å². The van der Waals surface area contributed by atoms with E-state index in [0.717, 1.165) is 30.8 Å². The maximum atomic E-state index is 6.91. The SMILES string of the molecule is CCN(CC)C1(C(N)C2CCC(C)C(C)C2)CCCC1. The monoisotopic (exact) mass is 280 g/mol. The molecule has 0 spiro atoms. The van der Waals surface area contributed by atoms with Crippen LogP contribution in [0.4, 0.5) is 0 Å². The van der Waals surface area contributed by atoms with Crippen LogP contribution in [-0.2, 0) is 0 Å². The second kappa shape index (κ2) is 6.79. The molecule has 2 fully saturated rings. The molecule has 2 aliphatic rings. The average Bonchev–Trinajstić information content (AvgIpc) is 2.93. The lowest BCUT2D eigenvalue weighted by Gasteiger charge is -2.49. The highest BCUT2D eigenvalue weighted by atomic mass is 15.2. The van der Waals surface area contributed by atoms with Gasteiger partial charge >= 0.3 is 0 Å². The van der Waals surface area contributed by atoms with Crippen molar-refractivity contribution in [2.75, 3.05) is 13.1 Å². The highest BCUT2D eigenvalue weighted by Crippen LogP contribution is 2.44. The van der Waals surface area contributed by atoms with Gasteiger partial charge in [0.15, 0.2) is 0 Å². The van der Waals surface area contributed by atoms with E-state index in [2.05, 4.69) is 32.6 Å². The van der Waals surface area contributed by atoms with Crippen LogP contribution in [0.15, 0.2) is 0 Å². The fourth-order valence-corrected chi connectivity index (χ4v) is 5.06. The Hall–Kier alpha value is -0.0800. The fraction of sp³-hybridized carbons (Fsp3) is 1.00. The van der Waals surface area contributed by atoms with Gasteiger partial charge in [0, 0.05) is 11.6 Å². The van der Waals surface area contributed by atoms with Crippen molar-refractivity contribution in [2.45, 2.75) is 84.2 Å². The van der Waals surface area contributed by atoms with Crippen molar-refractivity contribution < 1.29 is 0 Å². The third-order valence-corrected chi connectivity index (χ3v) is 6.63. The van der Waals surface area contributed by atoms with Crippen molar-refractivity contribution in [3.63, 3.8) is 0 Å². The van der Waals surface area contributed by atoms with Crippen LogP contribution in [0.5, 0.6) is 0 Å². The van der Waals surface area contributed by atoms with Gasteiger partial charge in [-0.15, -0.1) is 0 Å². The third-order valence-electron chi connectivity index (χ3n) is 6.63. The lowest BCUT2D eigenvalue weighted by Crippen LogP contribution is -2.61. The Morgan fingerprint density at radius 2 is 1.65 bits per heavy atom. The quantitative estimate of drug-likeness (QED) is 0.823. The van der Waals surface area contributed by atoms with E-state index in [4.69, 9.17) is 5.73 Å². The Bertz CT molecular complexity index is 292. The van der Waals surface area contributed by atoms with Crippen LogP contribution in [0.1, 0.15) is 72.6 Å². The first-order chi connectivity index (χ1) is 9.55. The van der Waals surface area contributed by atoms with Gasteiger partial charge in [-0.2, -0.15) is 0 Å². The predicted octanol–water partition coefficient (Wildman–Crippen LogP) is 4.04. The average molecular weight is 280 g/mol. The third kappa shape index (κ3) is 2.92. The highest BCUT2D eigenvalue weighted by Gasteiger charge is 2.46. The highest BCUT2D eigenvalue weighted by molar-refractivity contribution is 5.05. The molecule has 4 unspecified atom stereocenters. The van der Waals surface area contributed by atoms with Crippen LogP contribution in [0.25, 0.3) is 0 Å². The van der Waals surface area contributed by atoms with E-state index in [-0.39, 0.29) is 0 Å². The number of hydrogen-bond acceptors (Lipinski definition) is 2. The Morgan fingerprint density at radius 3 is 2.15 bits per heavy atom. The van der Waals surface area contributed by atoms with Gasteiger partial charge in [-0.1, -0.05) is 47.0 Å². The summed E-state index contributed by atoms with van der Waals surface area (Å²) in [6.07, 6.45) is 9.51. The van der Waals surface area contributed by atoms with E-state index >= 15 is 0 Å². The zero-order valence-corrected chi connectivity index (χ0v) is 14.2. The summed E-state index contributed by atoms with van der Waals surface area (Å²) in [5.74, 6) is 2.50. The summed E-state index contributed by atoms with van der Waals surface area (Å²) in [5.41, 5.74) is 7.22. The van der Waals surface area contributed by atoms with Gasteiger partial charge in [0.25, 0.3) is 0 Å². The lowest BCUT2D eigenvalue weighted by molar-refractivity contribution is 0.0357. The first kappa shape index (κ1) is 16.3. The smallest absolute Gasteiger partial charge is 0.0362 e. The molecule has 2 rings (SSSR count). The summed E-state index contributed by atoms with van der Waals surface area (Å²) >= 11 is 0. The Kier molecular flexibility index (Phi) is 5.53. The second-order valence-electron chi connectivity index (χ2n) is 7.54. The normalized spacial score (nSPS) is 35.4. The summed E-state index contributed by atoms with van der Waals surface area (Å²) < 4.78 is 0. The number of likely N-dealkylation sites (N-methyl/N-ethyl adjacent to an activating group) is 1. The summed E-state index contributed by atoms with van der Waals surface area (Å²) in [6, 6.07) is 0.389. The zero-order chi connectivity index (χ0) is 14.8. The van der Waals surface area contributed by atoms with Crippen molar-refractivity contribution in [3.8, 4) is 0 Å². The largest absolute Gasteiger partial charge is 0.326 e. The van der Waals surface area contributed by atoms with Crippen LogP contribution in [0.2, 0.25) is 0 Å². The number of nitrogens with two attached hydrogens (primary N) is 1. The molecule has 118 valence electrons. The molecule has 0 radical (unpaired) electrons. The van der Waals surface area contributed by atoms with Gasteiger partial charge in [0.1, 0.15) is 0 Å². The molecule has 0 aliphatic heterocycles. The molecule has 2 heteroatoms. The van der Waals surface area contributed by atoms with Crippen molar-refractivity contribution in [1.82, 2.24) is 4.90 Å². The first-order valence-corrected chi connectivity index (χ1v) is 9.05. The number of rotatable bonds is 5. The predicted molar refractivity (Wildman–Crippen MR) is 87.8 cm³/mol. The minimum atomic E-state index is 0.314. The van der Waals surface area contributed by atoms with Crippen LogP contribution in [0.3, 0.4) is 0 Å².